The Hall–Kier alpha value is -2.77. The molecule has 1 saturated heterocycles. The summed E-state index contributed by atoms with van der Waals surface area (Å²) in [4.78, 5) is 27.8. The van der Waals surface area contributed by atoms with Gasteiger partial charge in [-0.1, -0.05) is 38.1 Å². The first-order chi connectivity index (χ1) is 18.0. The second-order valence-electron chi connectivity index (χ2n) is 9.66. The van der Waals surface area contributed by atoms with Gasteiger partial charge in [-0.05, 0) is 22.9 Å². The first kappa shape index (κ1) is 29.8. The molecule has 210 valence electrons. The van der Waals surface area contributed by atoms with E-state index in [0.717, 1.165) is 10.8 Å². The zero-order valence-corrected chi connectivity index (χ0v) is 23.8. The molecule has 0 aliphatic carbocycles. The Labute approximate surface area is 225 Å². The lowest BCUT2D eigenvalue weighted by atomic mass is 10.1. The van der Waals surface area contributed by atoms with Crippen LogP contribution in [0.1, 0.15) is 13.8 Å². The number of methoxy groups -OCH3 is 1. The molecule has 1 heterocycles. The second-order valence-corrected chi connectivity index (χ2v) is 11.6. The number of carbonyl (C=O) groups is 2. The number of anilines is 1. The van der Waals surface area contributed by atoms with Crippen LogP contribution >= 0.6 is 0 Å². The van der Waals surface area contributed by atoms with Crippen LogP contribution in [0.4, 0.5) is 5.69 Å². The van der Waals surface area contributed by atoms with E-state index >= 15 is 0 Å². The van der Waals surface area contributed by atoms with Gasteiger partial charge in [-0.25, -0.2) is 13.4 Å². The molecule has 2 aromatic rings. The molecule has 2 amide bonds. The van der Waals surface area contributed by atoms with Crippen LogP contribution in [-0.2, 0) is 19.6 Å². The van der Waals surface area contributed by atoms with Crippen molar-refractivity contribution >= 4 is 38.3 Å². The Morgan fingerprint density at radius 2 is 1.63 bits per heavy atom. The molecule has 0 aromatic heterocycles. The number of likely N-dealkylation sites (N-methyl/N-ethyl adjacent to an activating group) is 1. The lowest BCUT2D eigenvalue weighted by Gasteiger charge is -2.38. The minimum Gasteiger partial charge on any atom is -0.495 e. The Balaban J connectivity index is 1.64. The number of ether oxygens (including phenoxy) is 1. The molecule has 0 spiro atoms. The highest BCUT2D eigenvalue weighted by Gasteiger charge is 2.27. The van der Waals surface area contributed by atoms with E-state index in [-0.39, 0.29) is 30.9 Å². The van der Waals surface area contributed by atoms with Crippen molar-refractivity contribution in [3.05, 3.63) is 36.4 Å². The molecule has 11 nitrogen and oxygen atoms in total. The Morgan fingerprint density at radius 1 is 1.03 bits per heavy atom. The zero-order valence-electron chi connectivity index (χ0n) is 22.9. The van der Waals surface area contributed by atoms with Gasteiger partial charge in [0.1, 0.15) is 5.75 Å². The maximum Gasteiger partial charge on any atom is 0.250 e. The minimum atomic E-state index is -3.24. The number of nitrogens with zero attached hydrogens (tertiary/aromatic N) is 4. The number of nitrogens with one attached hydrogen (secondary N) is 2. The van der Waals surface area contributed by atoms with E-state index < -0.39 is 10.0 Å². The Kier molecular flexibility index (Phi) is 10.5. The molecule has 0 saturated carbocycles. The summed E-state index contributed by atoms with van der Waals surface area (Å²) in [5.41, 5.74) is 0.677. The number of fused-ring (bicyclic) bond motifs is 1. The van der Waals surface area contributed by atoms with Crippen molar-refractivity contribution in [2.75, 3.05) is 77.7 Å². The van der Waals surface area contributed by atoms with Crippen LogP contribution in [0.2, 0.25) is 0 Å². The van der Waals surface area contributed by atoms with Crippen LogP contribution < -0.4 is 20.3 Å². The van der Waals surface area contributed by atoms with Gasteiger partial charge >= 0.3 is 0 Å². The number of benzene rings is 2. The van der Waals surface area contributed by atoms with Gasteiger partial charge in [0.2, 0.25) is 15.9 Å². The molecule has 1 fully saturated rings. The summed E-state index contributed by atoms with van der Waals surface area (Å²) < 4.78 is 30.5. The second kappa shape index (κ2) is 13.3. The number of piperazine rings is 1. The Morgan fingerprint density at radius 3 is 2.21 bits per heavy atom. The van der Waals surface area contributed by atoms with E-state index in [1.165, 1.54) is 15.6 Å². The van der Waals surface area contributed by atoms with Crippen molar-refractivity contribution in [2.45, 2.75) is 19.9 Å². The highest BCUT2D eigenvalue weighted by atomic mass is 32.2. The van der Waals surface area contributed by atoms with Gasteiger partial charge in [-0.3, -0.25) is 19.9 Å². The lowest BCUT2D eigenvalue weighted by molar-refractivity contribution is -0.146. The SMILES string of the molecule is COc1cc2ccccc2cc1N(CCNC(C)C)C(=O)CNCC(=O)N(C)N1CCN(S(C)(=O)=O)CC1. The fourth-order valence-electron chi connectivity index (χ4n) is 4.38. The van der Waals surface area contributed by atoms with Gasteiger partial charge in [0, 0.05) is 52.4 Å². The quantitative estimate of drug-likeness (QED) is 0.399. The standard InChI is InChI=1S/C26H40N6O5S/c1-20(2)28-10-11-32(23-16-21-8-6-7-9-22(21)17-24(23)37-4)26(34)19-27-18-25(33)29(3)30-12-14-31(15-13-30)38(5,35)36/h6-9,16-17,20,27-28H,10-15,18-19H2,1-5H3. The Bertz CT molecular complexity index is 1210. The van der Waals surface area contributed by atoms with Gasteiger partial charge in [-0.15, -0.1) is 0 Å². The smallest absolute Gasteiger partial charge is 0.250 e. The largest absolute Gasteiger partial charge is 0.495 e. The maximum atomic E-state index is 13.4. The molecular weight excluding hydrogens is 508 g/mol. The number of rotatable bonds is 12. The van der Waals surface area contributed by atoms with Crippen molar-refractivity contribution in [1.29, 1.82) is 0 Å². The molecular formula is C26H40N6O5S. The van der Waals surface area contributed by atoms with Crippen molar-refractivity contribution < 1.29 is 22.7 Å². The summed E-state index contributed by atoms with van der Waals surface area (Å²) in [6, 6.07) is 12.1. The lowest BCUT2D eigenvalue weighted by Crippen LogP contribution is -2.56. The average Bonchev–Trinajstić information content (AvgIpc) is 2.89. The van der Waals surface area contributed by atoms with Crippen LogP contribution in [0, 0.1) is 0 Å². The first-order valence-electron chi connectivity index (χ1n) is 12.8. The van der Waals surface area contributed by atoms with E-state index in [1.807, 2.05) is 55.3 Å². The van der Waals surface area contributed by atoms with E-state index in [9.17, 15) is 18.0 Å². The summed E-state index contributed by atoms with van der Waals surface area (Å²) in [5, 5.41) is 11.7. The summed E-state index contributed by atoms with van der Waals surface area (Å²) in [5.74, 6) is 0.217. The number of carbonyl (C=O) groups excluding carboxylic acids is 2. The molecule has 0 atom stereocenters. The van der Waals surface area contributed by atoms with Crippen molar-refractivity contribution in [3.8, 4) is 5.75 Å². The molecule has 2 aromatic carbocycles. The molecule has 3 rings (SSSR count). The monoisotopic (exact) mass is 548 g/mol. The van der Waals surface area contributed by atoms with Gasteiger partial charge in [0.25, 0.3) is 5.91 Å². The predicted octanol–water partition coefficient (Wildman–Crippen LogP) is 0.720. The highest BCUT2D eigenvalue weighted by Crippen LogP contribution is 2.33. The van der Waals surface area contributed by atoms with Crippen molar-refractivity contribution in [2.24, 2.45) is 0 Å². The summed E-state index contributed by atoms with van der Waals surface area (Å²) >= 11 is 0. The number of amides is 2. The minimum absolute atomic E-state index is 0.0263. The topological polar surface area (TPSA) is 115 Å². The van der Waals surface area contributed by atoms with Gasteiger partial charge < -0.3 is 15.0 Å². The number of hydrogen-bond donors (Lipinski definition) is 2. The van der Waals surface area contributed by atoms with Crippen LogP contribution in [0.25, 0.3) is 10.8 Å². The van der Waals surface area contributed by atoms with Crippen LogP contribution in [0.3, 0.4) is 0 Å². The van der Waals surface area contributed by atoms with Gasteiger partial charge in [0.05, 0.1) is 32.1 Å². The molecule has 1 aliphatic heterocycles. The fourth-order valence-corrected chi connectivity index (χ4v) is 5.21. The third kappa shape index (κ3) is 7.87. The molecule has 0 unspecified atom stereocenters. The molecule has 38 heavy (non-hydrogen) atoms. The summed E-state index contributed by atoms with van der Waals surface area (Å²) in [6.07, 6.45) is 1.19. The molecule has 12 heteroatoms. The van der Waals surface area contributed by atoms with Crippen molar-refractivity contribution in [3.63, 3.8) is 0 Å². The average molecular weight is 549 g/mol. The third-order valence-corrected chi connectivity index (χ3v) is 7.85. The molecule has 1 aliphatic rings. The third-order valence-electron chi connectivity index (χ3n) is 6.55. The van der Waals surface area contributed by atoms with E-state index in [2.05, 4.69) is 10.6 Å². The van der Waals surface area contributed by atoms with Gasteiger partial charge in [0.15, 0.2) is 0 Å². The summed E-state index contributed by atoms with van der Waals surface area (Å²) in [6.45, 7) is 6.58. The maximum absolute atomic E-state index is 13.4. The highest BCUT2D eigenvalue weighted by molar-refractivity contribution is 7.88. The predicted molar refractivity (Wildman–Crippen MR) is 150 cm³/mol. The number of sulfonamides is 1. The van der Waals surface area contributed by atoms with Crippen LogP contribution in [0.5, 0.6) is 5.75 Å². The van der Waals surface area contributed by atoms with Crippen LogP contribution in [-0.4, -0.2) is 113 Å². The first-order valence-corrected chi connectivity index (χ1v) is 14.6. The molecule has 2 N–H and O–H groups in total. The fraction of sp³-hybridized carbons (Fsp3) is 0.538. The zero-order chi connectivity index (χ0) is 27.9. The normalized spacial score (nSPS) is 15.1. The number of hydrogen-bond acceptors (Lipinski definition) is 8. The van der Waals surface area contributed by atoms with E-state index in [1.54, 1.807) is 19.1 Å². The van der Waals surface area contributed by atoms with Gasteiger partial charge in [-0.2, -0.15) is 4.31 Å². The summed E-state index contributed by atoms with van der Waals surface area (Å²) in [7, 11) is 0.00311. The molecule has 0 bridgehead atoms. The van der Waals surface area contributed by atoms with E-state index in [0.29, 0.717) is 50.7 Å². The number of hydrazine groups is 1. The van der Waals surface area contributed by atoms with Crippen LogP contribution in [0.15, 0.2) is 36.4 Å². The van der Waals surface area contributed by atoms with Crippen molar-refractivity contribution in [1.82, 2.24) is 25.0 Å². The van der Waals surface area contributed by atoms with E-state index in [4.69, 9.17) is 4.74 Å². The molecule has 0 radical (unpaired) electrons.